The first-order valence-electron chi connectivity index (χ1n) is 6.48. The third-order valence-corrected chi connectivity index (χ3v) is 3.66. The van der Waals surface area contributed by atoms with Crippen molar-refractivity contribution in [3.05, 3.63) is 36.7 Å². The number of benzene rings is 1. The van der Waals surface area contributed by atoms with Crippen LogP contribution in [0.2, 0.25) is 0 Å². The molecule has 1 N–H and O–H groups in total. The van der Waals surface area contributed by atoms with Crippen LogP contribution in [0.3, 0.4) is 0 Å². The molecule has 3 nitrogen and oxygen atoms in total. The molecule has 0 saturated heterocycles. The number of nitrogens with zero attached hydrogens (tertiary/aromatic N) is 1. The third kappa shape index (κ3) is 2.08. The highest BCUT2D eigenvalue weighted by Crippen LogP contribution is 2.28. The second-order valence-electron chi connectivity index (χ2n) is 4.87. The van der Waals surface area contributed by atoms with Gasteiger partial charge in [0.1, 0.15) is 0 Å². The van der Waals surface area contributed by atoms with Crippen LogP contribution in [0.4, 0.5) is 5.69 Å². The second kappa shape index (κ2) is 4.77. The predicted octanol–water partition coefficient (Wildman–Crippen LogP) is 3.36. The highest BCUT2D eigenvalue weighted by Gasteiger charge is 2.22. The molecule has 1 aliphatic carbocycles. The van der Waals surface area contributed by atoms with Gasteiger partial charge in [-0.15, -0.1) is 0 Å². The Bertz CT molecular complexity index is 568. The van der Waals surface area contributed by atoms with Crippen molar-refractivity contribution in [1.82, 2.24) is 4.98 Å². The first-order valence-corrected chi connectivity index (χ1v) is 6.48. The number of hydrogen-bond donors (Lipinski definition) is 1. The third-order valence-electron chi connectivity index (χ3n) is 3.66. The molecule has 0 radical (unpaired) electrons. The summed E-state index contributed by atoms with van der Waals surface area (Å²) in [7, 11) is 0. The summed E-state index contributed by atoms with van der Waals surface area (Å²) in [5.41, 5.74) is 0.895. The predicted molar refractivity (Wildman–Crippen MR) is 72.3 cm³/mol. The fourth-order valence-electron chi connectivity index (χ4n) is 2.65. The summed E-state index contributed by atoms with van der Waals surface area (Å²) in [6, 6.07) is 7.86. The number of carbonyl (C=O) groups is 1. The Morgan fingerprint density at radius 1 is 1.22 bits per heavy atom. The van der Waals surface area contributed by atoms with Crippen LogP contribution in [0.5, 0.6) is 0 Å². The van der Waals surface area contributed by atoms with Gasteiger partial charge in [0.05, 0.1) is 0 Å². The SMILES string of the molecule is O=C(Nc1cccc2cnccc12)C1CCCC1. The average Bonchev–Trinajstić information content (AvgIpc) is 2.93. The molecule has 0 bridgehead atoms. The van der Waals surface area contributed by atoms with E-state index in [4.69, 9.17) is 0 Å². The Labute approximate surface area is 106 Å². The standard InChI is InChI=1S/C15H16N2O/c18-15(11-4-1-2-5-11)17-14-7-3-6-12-10-16-9-8-13(12)14/h3,6-11H,1-2,4-5H2,(H,17,18). The van der Waals surface area contributed by atoms with Crippen molar-refractivity contribution in [3.63, 3.8) is 0 Å². The zero-order valence-corrected chi connectivity index (χ0v) is 10.2. The lowest BCUT2D eigenvalue weighted by Gasteiger charge is -2.12. The van der Waals surface area contributed by atoms with Gasteiger partial charge in [-0.05, 0) is 25.0 Å². The fourth-order valence-corrected chi connectivity index (χ4v) is 2.65. The number of aromatic nitrogens is 1. The molecule has 1 aromatic carbocycles. The van der Waals surface area contributed by atoms with Crippen LogP contribution in [-0.4, -0.2) is 10.9 Å². The van der Waals surface area contributed by atoms with Gasteiger partial charge in [-0.3, -0.25) is 9.78 Å². The molecule has 18 heavy (non-hydrogen) atoms. The van der Waals surface area contributed by atoms with Crippen LogP contribution in [0, 0.1) is 5.92 Å². The Morgan fingerprint density at radius 3 is 2.89 bits per heavy atom. The number of hydrogen-bond acceptors (Lipinski definition) is 2. The van der Waals surface area contributed by atoms with Gasteiger partial charge >= 0.3 is 0 Å². The fraction of sp³-hybridized carbons (Fsp3) is 0.333. The molecule has 3 heteroatoms. The van der Waals surface area contributed by atoms with E-state index < -0.39 is 0 Å². The summed E-state index contributed by atoms with van der Waals surface area (Å²) in [4.78, 5) is 16.2. The van der Waals surface area contributed by atoms with Gasteiger partial charge in [0.25, 0.3) is 0 Å². The number of carbonyl (C=O) groups excluding carboxylic acids is 1. The normalized spacial score (nSPS) is 16.0. The molecular weight excluding hydrogens is 224 g/mol. The first kappa shape index (κ1) is 11.2. The molecule has 0 spiro atoms. The monoisotopic (exact) mass is 240 g/mol. The van der Waals surface area contributed by atoms with Crippen LogP contribution < -0.4 is 5.32 Å². The van der Waals surface area contributed by atoms with Crippen LogP contribution >= 0.6 is 0 Å². The van der Waals surface area contributed by atoms with Gasteiger partial charge < -0.3 is 5.32 Å². The Kier molecular flexibility index (Phi) is 2.97. The van der Waals surface area contributed by atoms with Crippen molar-refractivity contribution in [2.45, 2.75) is 25.7 Å². The van der Waals surface area contributed by atoms with E-state index in [1.165, 1.54) is 12.8 Å². The quantitative estimate of drug-likeness (QED) is 0.874. The zero-order valence-electron chi connectivity index (χ0n) is 10.2. The molecule has 3 rings (SSSR count). The summed E-state index contributed by atoms with van der Waals surface area (Å²) in [6.45, 7) is 0. The molecule has 1 fully saturated rings. The number of anilines is 1. The first-order chi connectivity index (χ1) is 8.84. The maximum Gasteiger partial charge on any atom is 0.227 e. The minimum Gasteiger partial charge on any atom is -0.325 e. The lowest BCUT2D eigenvalue weighted by atomic mass is 10.1. The Hall–Kier alpha value is -1.90. The van der Waals surface area contributed by atoms with Gasteiger partial charge in [-0.2, -0.15) is 0 Å². The maximum absolute atomic E-state index is 12.1. The number of nitrogens with one attached hydrogen (secondary N) is 1. The van der Waals surface area contributed by atoms with Crippen LogP contribution in [0.1, 0.15) is 25.7 Å². The zero-order chi connectivity index (χ0) is 12.4. The summed E-state index contributed by atoms with van der Waals surface area (Å²) in [5, 5.41) is 5.17. The highest BCUT2D eigenvalue weighted by atomic mass is 16.1. The van der Waals surface area contributed by atoms with Gasteiger partial charge in [0, 0.05) is 34.8 Å². The van der Waals surface area contributed by atoms with Gasteiger partial charge in [-0.25, -0.2) is 0 Å². The summed E-state index contributed by atoms with van der Waals surface area (Å²) >= 11 is 0. The molecule has 1 aromatic heterocycles. The van der Waals surface area contributed by atoms with Crippen molar-refractivity contribution < 1.29 is 4.79 Å². The lowest BCUT2D eigenvalue weighted by Crippen LogP contribution is -2.20. The van der Waals surface area contributed by atoms with E-state index in [0.717, 1.165) is 29.3 Å². The van der Waals surface area contributed by atoms with Crippen molar-refractivity contribution >= 4 is 22.4 Å². The Morgan fingerprint density at radius 2 is 2.06 bits per heavy atom. The van der Waals surface area contributed by atoms with Crippen molar-refractivity contribution in [1.29, 1.82) is 0 Å². The van der Waals surface area contributed by atoms with Gasteiger partial charge in [-0.1, -0.05) is 25.0 Å². The molecule has 0 atom stereocenters. The van der Waals surface area contributed by atoms with Crippen molar-refractivity contribution in [3.8, 4) is 0 Å². The van der Waals surface area contributed by atoms with E-state index in [0.29, 0.717) is 0 Å². The molecule has 1 amide bonds. The summed E-state index contributed by atoms with van der Waals surface area (Å²) < 4.78 is 0. The number of rotatable bonds is 2. The highest BCUT2D eigenvalue weighted by molar-refractivity contribution is 6.02. The van der Waals surface area contributed by atoms with Crippen molar-refractivity contribution in [2.24, 2.45) is 5.92 Å². The van der Waals surface area contributed by atoms with E-state index >= 15 is 0 Å². The molecule has 0 aliphatic heterocycles. The molecule has 2 aromatic rings. The Balaban J connectivity index is 1.88. The number of amides is 1. The molecule has 1 aliphatic rings. The topological polar surface area (TPSA) is 42.0 Å². The largest absolute Gasteiger partial charge is 0.325 e. The van der Waals surface area contributed by atoms with Gasteiger partial charge in [0.2, 0.25) is 5.91 Å². The van der Waals surface area contributed by atoms with Crippen molar-refractivity contribution in [2.75, 3.05) is 5.32 Å². The number of pyridine rings is 1. The minimum absolute atomic E-state index is 0.164. The second-order valence-corrected chi connectivity index (χ2v) is 4.87. The molecule has 92 valence electrons. The summed E-state index contributed by atoms with van der Waals surface area (Å²) in [5.74, 6) is 0.360. The van der Waals surface area contributed by atoms with Crippen LogP contribution in [-0.2, 0) is 4.79 Å². The summed E-state index contributed by atoms with van der Waals surface area (Å²) in [6.07, 6.45) is 7.99. The van der Waals surface area contributed by atoms with E-state index in [9.17, 15) is 4.79 Å². The lowest BCUT2D eigenvalue weighted by molar-refractivity contribution is -0.119. The van der Waals surface area contributed by atoms with E-state index in [-0.39, 0.29) is 11.8 Å². The van der Waals surface area contributed by atoms with Gasteiger partial charge in [0.15, 0.2) is 0 Å². The van der Waals surface area contributed by atoms with E-state index in [1.807, 2.05) is 30.5 Å². The molecule has 1 saturated carbocycles. The van der Waals surface area contributed by atoms with Crippen LogP contribution in [0.15, 0.2) is 36.7 Å². The molecule has 1 heterocycles. The maximum atomic E-state index is 12.1. The van der Waals surface area contributed by atoms with E-state index in [1.54, 1.807) is 6.20 Å². The smallest absolute Gasteiger partial charge is 0.227 e. The van der Waals surface area contributed by atoms with Crippen LogP contribution in [0.25, 0.3) is 10.8 Å². The molecular formula is C15H16N2O. The molecule has 0 unspecified atom stereocenters. The average molecular weight is 240 g/mol. The minimum atomic E-state index is 0.164. The van der Waals surface area contributed by atoms with E-state index in [2.05, 4.69) is 10.3 Å². The number of fused-ring (bicyclic) bond motifs is 1.